The lowest BCUT2D eigenvalue weighted by Crippen LogP contribution is -2.65. The molecular formula is C23H21ClN4O. The van der Waals surface area contributed by atoms with E-state index < -0.39 is 0 Å². The Morgan fingerprint density at radius 1 is 1.17 bits per heavy atom. The second kappa shape index (κ2) is 5.94. The van der Waals surface area contributed by atoms with E-state index in [0.29, 0.717) is 11.6 Å². The maximum Gasteiger partial charge on any atom is 0.253 e. The maximum absolute atomic E-state index is 12.9. The van der Waals surface area contributed by atoms with Crippen LogP contribution in [-0.4, -0.2) is 35.1 Å². The summed E-state index contributed by atoms with van der Waals surface area (Å²) in [6.45, 7) is 2.53. The van der Waals surface area contributed by atoms with Gasteiger partial charge in [-0.05, 0) is 42.2 Å². The van der Waals surface area contributed by atoms with Gasteiger partial charge in [0, 0.05) is 54.7 Å². The summed E-state index contributed by atoms with van der Waals surface area (Å²) in [7, 11) is 2.12. The Kier molecular flexibility index (Phi) is 3.53. The number of amides is 1. The standard InChI is InChI=1S/C23H21ClN4O/c1-28-20-16(19-21(28)23(10-25-11-23)12-27-22(19)29)6-5-14-9-26-18(8-17(14)20)13-3-2-4-15(24)7-13/h2-4,7-9,25H,5-6,10-12H2,1H3,(H,27,29). The molecule has 2 N–H and O–H groups in total. The van der Waals surface area contributed by atoms with Gasteiger partial charge in [-0.25, -0.2) is 0 Å². The molecule has 1 aliphatic carbocycles. The van der Waals surface area contributed by atoms with Crippen LogP contribution in [0.2, 0.25) is 5.02 Å². The predicted molar refractivity (Wildman–Crippen MR) is 113 cm³/mol. The van der Waals surface area contributed by atoms with E-state index in [-0.39, 0.29) is 11.3 Å². The molecule has 1 fully saturated rings. The molecular weight excluding hydrogens is 384 g/mol. The number of pyridine rings is 1. The quantitative estimate of drug-likeness (QED) is 0.655. The van der Waals surface area contributed by atoms with E-state index in [0.717, 1.165) is 42.8 Å². The van der Waals surface area contributed by atoms with Gasteiger partial charge >= 0.3 is 0 Å². The van der Waals surface area contributed by atoms with E-state index in [9.17, 15) is 4.79 Å². The second-order valence-electron chi connectivity index (χ2n) is 8.41. The fourth-order valence-electron chi connectivity index (χ4n) is 5.30. The summed E-state index contributed by atoms with van der Waals surface area (Å²) in [4.78, 5) is 17.6. The number of hydrogen-bond donors (Lipinski definition) is 2. The molecule has 146 valence electrons. The molecule has 1 spiro atoms. The number of aryl methyl sites for hydroxylation is 1. The van der Waals surface area contributed by atoms with Crippen LogP contribution in [0.5, 0.6) is 0 Å². The van der Waals surface area contributed by atoms with Gasteiger partial charge in [0.2, 0.25) is 0 Å². The van der Waals surface area contributed by atoms with Crippen LogP contribution in [0.1, 0.15) is 27.2 Å². The van der Waals surface area contributed by atoms with Crippen LogP contribution in [0.4, 0.5) is 0 Å². The predicted octanol–water partition coefficient (Wildman–Crippen LogP) is 3.09. The molecule has 6 heteroatoms. The van der Waals surface area contributed by atoms with Crippen LogP contribution < -0.4 is 10.6 Å². The van der Waals surface area contributed by atoms with E-state index in [2.05, 4.69) is 28.3 Å². The van der Waals surface area contributed by atoms with Crippen molar-refractivity contribution in [2.24, 2.45) is 7.05 Å². The van der Waals surface area contributed by atoms with Crippen LogP contribution in [-0.2, 0) is 25.3 Å². The SMILES string of the molecule is Cn1c2c(c3c1C1(CNC1)CNC3=O)CCc1cnc(-c3cccc(Cl)c3)cc1-2. The zero-order chi connectivity index (χ0) is 19.8. The highest BCUT2D eigenvalue weighted by Crippen LogP contribution is 2.45. The van der Waals surface area contributed by atoms with E-state index in [1.807, 2.05) is 30.5 Å². The van der Waals surface area contributed by atoms with Crippen molar-refractivity contribution in [1.82, 2.24) is 20.2 Å². The fraction of sp³-hybridized carbons (Fsp3) is 0.304. The molecule has 5 nitrogen and oxygen atoms in total. The van der Waals surface area contributed by atoms with Crippen molar-refractivity contribution in [2.45, 2.75) is 18.3 Å². The average molecular weight is 405 g/mol. The number of nitrogens with zero attached hydrogens (tertiary/aromatic N) is 2. The Labute approximate surface area is 174 Å². The van der Waals surface area contributed by atoms with Gasteiger partial charge in [-0.1, -0.05) is 23.7 Å². The van der Waals surface area contributed by atoms with E-state index >= 15 is 0 Å². The monoisotopic (exact) mass is 404 g/mol. The molecule has 2 aliphatic heterocycles. The number of aromatic nitrogens is 2. The lowest BCUT2D eigenvalue weighted by molar-refractivity contribution is 0.0902. The number of carbonyl (C=O) groups excluding carboxylic acids is 1. The van der Waals surface area contributed by atoms with Gasteiger partial charge in [-0.15, -0.1) is 0 Å². The molecule has 6 rings (SSSR count). The summed E-state index contributed by atoms with van der Waals surface area (Å²) < 4.78 is 2.28. The summed E-state index contributed by atoms with van der Waals surface area (Å²) in [5.41, 5.74) is 8.79. The first kappa shape index (κ1) is 17.2. The number of nitrogens with one attached hydrogen (secondary N) is 2. The van der Waals surface area contributed by atoms with Gasteiger partial charge in [0.05, 0.1) is 22.4 Å². The first-order valence-electron chi connectivity index (χ1n) is 10.0. The molecule has 1 amide bonds. The van der Waals surface area contributed by atoms with Gasteiger partial charge in [-0.3, -0.25) is 9.78 Å². The first-order valence-corrected chi connectivity index (χ1v) is 10.4. The first-order chi connectivity index (χ1) is 14.1. The van der Waals surface area contributed by atoms with Crippen LogP contribution in [0, 0.1) is 0 Å². The van der Waals surface area contributed by atoms with Gasteiger partial charge in [0.1, 0.15) is 0 Å². The van der Waals surface area contributed by atoms with Crippen molar-refractivity contribution in [3.63, 3.8) is 0 Å². The Bertz CT molecular complexity index is 1190. The Morgan fingerprint density at radius 2 is 2.03 bits per heavy atom. The van der Waals surface area contributed by atoms with Crippen molar-refractivity contribution < 1.29 is 4.79 Å². The molecule has 3 aromatic rings. The van der Waals surface area contributed by atoms with E-state index in [1.165, 1.54) is 28.1 Å². The van der Waals surface area contributed by atoms with Crippen molar-refractivity contribution in [3.05, 3.63) is 63.9 Å². The molecule has 29 heavy (non-hydrogen) atoms. The largest absolute Gasteiger partial charge is 0.351 e. The molecule has 1 saturated heterocycles. The molecule has 0 saturated carbocycles. The number of benzene rings is 1. The minimum absolute atomic E-state index is 0.0122. The normalized spacial score (nSPS) is 18.5. The van der Waals surface area contributed by atoms with Gasteiger partial charge < -0.3 is 15.2 Å². The minimum Gasteiger partial charge on any atom is -0.351 e. The lowest BCUT2D eigenvalue weighted by Gasteiger charge is -2.46. The molecule has 0 bridgehead atoms. The highest BCUT2D eigenvalue weighted by atomic mass is 35.5. The molecule has 4 heterocycles. The smallest absolute Gasteiger partial charge is 0.253 e. The zero-order valence-corrected chi connectivity index (χ0v) is 16.9. The number of hydrogen-bond acceptors (Lipinski definition) is 3. The van der Waals surface area contributed by atoms with Crippen molar-refractivity contribution in [2.75, 3.05) is 19.6 Å². The minimum atomic E-state index is 0.0122. The summed E-state index contributed by atoms with van der Waals surface area (Å²) in [6.07, 6.45) is 3.77. The molecule has 1 aromatic carbocycles. The molecule has 0 unspecified atom stereocenters. The summed E-state index contributed by atoms with van der Waals surface area (Å²) in [6, 6.07) is 9.95. The van der Waals surface area contributed by atoms with Gasteiger partial charge in [-0.2, -0.15) is 0 Å². The Balaban J connectivity index is 1.58. The third kappa shape index (κ3) is 2.31. The number of carbonyl (C=O) groups is 1. The molecule has 0 radical (unpaired) electrons. The third-order valence-corrected chi connectivity index (χ3v) is 6.98. The van der Waals surface area contributed by atoms with Crippen molar-refractivity contribution >= 4 is 17.5 Å². The average Bonchev–Trinajstić information content (AvgIpc) is 3.01. The summed E-state index contributed by atoms with van der Waals surface area (Å²) in [5.74, 6) is 0.0712. The highest BCUT2D eigenvalue weighted by molar-refractivity contribution is 6.30. The van der Waals surface area contributed by atoms with E-state index in [4.69, 9.17) is 16.6 Å². The molecule has 0 atom stereocenters. The number of rotatable bonds is 1. The van der Waals surface area contributed by atoms with Crippen LogP contribution >= 0.6 is 11.6 Å². The molecule has 3 aliphatic rings. The summed E-state index contributed by atoms with van der Waals surface area (Å²) in [5, 5.41) is 7.25. The Hall–Kier alpha value is -2.63. The van der Waals surface area contributed by atoms with Crippen LogP contribution in [0.3, 0.4) is 0 Å². The number of fused-ring (bicyclic) bond motifs is 6. The van der Waals surface area contributed by atoms with Crippen molar-refractivity contribution in [3.8, 4) is 22.5 Å². The number of halogens is 1. The lowest BCUT2D eigenvalue weighted by atomic mass is 9.74. The van der Waals surface area contributed by atoms with Gasteiger partial charge in [0.25, 0.3) is 5.91 Å². The van der Waals surface area contributed by atoms with Crippen LogP contribution in [0.25, 0.3) is 22.5 Å². The van der Waals surface area contributed by atoms with Crippen molar-refractivity contribution in [1.29, 1.82) is 0 Å². The second-order valence-corrected chi connectivity index (χ2v) is 8.85. The van der Waals surface area contributed by atoms with Crippen LogP contribution in [0.15, 0.2) is 36.5 Å². The third-order valence-electron chi connectivity index (χ3n) is 6.75. The van der Waals surface area contributed by atoms with E-state index in [1.54, 1.807) is 0 Å². The fourth-order valence-corrected chi connectivity index (χ4v) is 5.50. The molecule has 2 aromatic heterocycles. The highest BCUT2D eigenvalue weighted by Gasteiger charge is 2.48. The topological polar surface area (TPSA) is 59.0 Å². The Morgan fingerprint density at radius 3 is 2.79 bits per heavy atom. The zero-order valence-electron chi connectivity index (χ0n) is 16.2. The summed E-state index contributed by atoms with van der Waals surface area (Å²) >= 11 is 6.20. The van der Waals surface area contributed by atoms with Gasteiger partial charge in [0.15, 0.2) is 0 Å². The maximum atomic E-state index is 12.9.